The van der Waals surface area contributed by atoms with Gasteiger partial charge in [0.25, 0.3) is 5.91 Å². The molecule has 1 aromatic carbocycles. The van der Waals surface area contributed by atoms with E-state index < -0.39 is 11.7 Å². The maximum absolute atomic E-state index is 13.4. The van der Waals surface area contributed by atoms with Gasteiger partial charge in [-0.1, -0.05) is 15.9 Å². The van der Waals surface area contributed by atoms with Crippen molar-refractivity contribution in [3.63, 3.8) is 0 Å². The second kappa shape index (κ2) is 6.00. The summed E-state index contributed by atoms with van der Waals surface area (Å²) < 4.78 is 19.4. The number of benzene rings is 1. The molecular weight excluding hydrogens is 327 g/mol. The number of hydrogen-bond donors (Lipinski definition) is 1. The van der Waals surface area contributed by atoms with Gasteiger partial charge in [-0.05, 0) is 38.1 Å². The molecule has 0 radical (unpaired) electrons. The molecule has 4 nitrogen and oxygen atoms in total. The van der Waals surface area contributed by atoms with E-state index in [9.17, 15) is 9.18 Å². The van der Waals surface area contributed by atoms with E-state index in [0.717, 1.165) is 4.47 Å². The van der Waals surface area contributed by atoms with Crippen LogP contribution in [0, 0.1) is 19.7 Å². The summed E-state index contributed by atoms with van der Waals surface area (Å²) in [4.78, 5) is 11.8. The Balaban J connectivity index is 2.08. The number of aryl methyl sites for hydroxylation is 2. The van der Waals surface area contributed by atoms with Gasteiger partial charge in [-0.15, -0.1) is 0 Å². The molecule has 20 heavy (non-hydrogen) atoms. The van der Waals surface area contributed by atoms with Crippen molar-refractivity contribution in [3.05, 3.63) is 57.2 Å². The van der Waals surface area contributed by atoms with Crippen LogP contribution in [-0.2, 0) is 0 Å². The van der Waals surface area contributed by atoms with E-state index in [1.54, 1.807) is 32.0 Å². The first-order chi connectivity index (χ1) is 9.47. The van der Waals surface area contributed by atoms with Gasteiger partial charge in [-0.2, -0.15) is 5.10 Å². The van der Waals surface area contributed by atoms with E-state index in [4.69, 9.17) is 4.42 Å². The molecule has 0 saturated carbocycles. The van der Waals surface area contributed by atoms with Crippen LogP contribution >= 0.6 is 15.9 Å². The average Bonchev–Trinajstić information content (AvgIpc) is 2.72. The molecule has 1 heterocycles. The van der Waals surface area contributed by atoms with Gasteiger partial charge < -0.3 is 4.42 Å². The highest BCUT2D eigenvalue weighted by atomic mass is 79.9. The molecule has 1 amide bonds. The summed E-state index contributed by atoms with van der Waals surface area (Å²) >= 11 is 3.24. The lowest BCUT2D eigenvalue weighted by Gasteiger charge is -1.99. The number of hydrazone groups is 1. The van der Waals surface area contributed by atoms with E-state index >= 15 is 0 Å². The Morgan fingerprint density at radius 3 is 2.80 bits per heavy atom. The number of nitrogens with zero attached hydrogens (tertiary/aromatic N) is 1. The van der Waals surface area contributed by atoms with Gasteiger partial charge in [-0.25, -0.2) is 9.82 Å². The molecule has 1 aromatic heterocycles. The standard InChI is InChI=1S/C14H12BrFN2O2/c1-8-5-12(9(2)20-8)14(19)18-17-7-10-6-11(15)3-4-13(10)16/h3-7H,1-2H3,(H,18,19). The van der Waals surface area contributed by atoms with Gasteiger partial charge in [0.15, 0.2) is 0 Å². The number of nitrogens with one attached hydrogen (secondary N) is 1. The molecule has 1 N–H and O–H groups in total. The van der Waals surface area contributed by atoms with Crippen molar-refractivity contribution < 1.29 is 13.6 Å². The molecule has 0 bridgehead atoms. The minimum absolute atomic E-state index is 0.278. The van der Waals surface area contributed by atoms with Crippen LogP contribution in [0.4, 0.5) is 4.39 Å². The summed E-state index contributed by atoms with van der Waals surface area (Å²) in [5.74, 6) is 0.353. The smallest absolute Gasteiger partial charge is 0.274 e. The van der Waals surface area contributed by atoms with E-state index in [1.165, 1.54) is 12.3 Å². The van der Waals surface area contributed by atoms with Gasteiger partial charge in [0.1, 0.15) is 17.3 Å². The normalized spacial score (nSPS) is 11.0. The van der Waals surface area contributed by atoms with Crippen LogP contribution in [0.3, 0.4) is 0 Å². The number of carbonyl (C=O) groups is 1. The van der Waals surface area contributed by atoms with Gasteiger partial charge in [0, 0.05) is 10.0 Å². The molecule has 0 spiro atoms. The predicted molar refractivity (Wildman–Crippen MR) is 77.3 cm³/mol. The van der Waals surface area contributed by atoms with E-state index in [0.29, 0.717) is 17.1 Å². The Labute approximate surface area is 123 Å². The van der Waals surface area contributed by atoms with Crippen LogP contribution in [0.15, 0.2) is 38.3 Å². The summed E-state index contributed by atoms with van der Waals surface area (Å²) in [7, 11) is 0. The maximum Gasteiger partial charge on any atom is 0.274 e. The molecule has 0 aliphatic rings. The van der Waals surface area contributed by atoms with Crippen LogP contribution in [0.1, 0.15) is 27.4 Å². The zero-order chi connectivity index (χ0) is 14.7. The Morgan fingerprint density at radius 2 is 2.15 bits per heavy atom. The number of carbonyl (C=O) groups excluding carboxylic acids is 1. The zero-order valence-electron chi connectivity index (χ0n) is 10.9. The number of rotatable bonds is 3. The fraction of sp³-hybridized carbons (Fsp3) is 0.143. The first kappa shape index (κ1) is 14.5. The van der Waals surface area contributed by atoms with E-state index in [2.05, 4.69) is 26.5 Å². The summed E-state index contributed by atoms with van der Waals surface area (Å²) in [6.07, 6.45) is 1.25. The number of hydrogen-bond acceptors (Lipinski definition) is 3. The molecular formula is C14H12BrFN2O2. The predicted octanol–water partition coefficient (Wildman–Crippen LogP) is 3.56. The molecule has 2 rings (SSSR count). The summed E-state index contributed by atoms with van der Waals surface area (Å²) in [6, 6.07) is 6.10. The molecule has 0 aliphatic heterocycles. The molecule has 6 heteroatoms. The molecule has 104 valence electrons. The van der Waals surface area contributed by atoms with Crippen molar-refractivity contribution in [1.29, 1.82) is 0 Å². The summed E-state index contributed by atoms with van der Waals surface area (Å²) in [6.45, 7) is 3.45. The Morgan fingerprint density at radius 1 is 1.40 bits per heavy atom. The molecule has 0 saturated heterocycles. The molecule has 0 fully saturated rings. The van der Waals surface area contributed by atoms with Crippen molar-refractivity contribution in [2.45, 2.75) is 13.8 Å². The van der Waals surface area contributed by atoms with Crippen molar-refractivity contribution in [1.82, 2.24) is 5.43 Å². The maximum atomic E-state index is 13.4. The van der Waals surface area contributed by atoms with Gasteiger partial charge in [0.2, 0.25) is 0 Å². The van der Waals surface area contributed by atoms with Crippen molar-refractivity contribution >= 4 is 28.1 Å². The first-order valence-corrected chi connectivity index (χ1v) is 6.62. The van der Waals surface area contributed by atoms with Gasteiger partial charge in [0.05, 0.1) is 11.8 Å². The number of halogens is 2. The molecule has 0 aliphatic carbocycles. The van der Waals surface area contributed by atoms with Crippen molar-refractivity contribution in [2.75, 3.05) is 0 Å². The number of furan rings is 1. The average molecular weight is 339 g/mol. The highest BCUT2D eigenvalue weighted by Gasteiger charge is 2.12. The highest BCUT2D eigenvalue weighted by Crippen LogP contribution is 2.14. The second-order valence-corrected chi connectivity index (χ2v) is 5.11. The third kappa shape index (κ3) is 3.33. The third-order valence-corrected chi connectivity index (χ3v) is 3.11. The quantitative estimate of drug-likeness (QED) is 0.687. The van der Waals surface area contributed by atoms with Gasteiger partial charge in [-0.3, -0.25) is 4.79 Å². The van der Waals surface area contributed by atoms with Crippen molar-refractivity contribution in [2.24, 2.45) is 5.10 Å². The zero-order valence-corrected chi connectivity index (χ0v) is 12.5. The summed E-state index contributed by atoms with van der Waals surface area (Å²) in [5.41, 5.74) is 3.03. The Kier molecular flexibility index (Phi) is 4.34. The lowest BCUT2D eigenvalue weighted by atomic mass is 10.2. The minimum Gasteiger partial charge on any atom is -0.466 e. The highest BCUT2D eigenvalue weighted by molar-refractivity contribution is 9.10. The number of amides is 1. The Hall–Kier alpha value is -1.95. The van der Waals surface area contributed by atoms with E-state index in [-0.39, 0.29) is 5.56 Å². The fourth-order valence-electron chi connectivity index (χ4n) is 1.69. The monoisotopic (exact) mass is 338 g/mol. The SMILES string of the molecule is Cc1cc(C(=O)NN=Cc2cc(Br)ccc2F)c(C)o1. The topological polar surface area (TPSA) is 54.6 Å². The fourth-order valence-corrected chi connectivity index (χ4v) is 2.07. The molecule has 0 atom stereocenters. The largest absolute Gasteiger partial charge is 0.466 e. The van der Waals surface area contributed by atoms with Crippen LogP contribution in [0.5, 0.6) is 0 Å². The Bertz CT molecular complexity index is 680. The first-order valence-electron chi connectivity index (χ1n) is 5.83. The van der Waals surface area contributed by atoms with Crippen LogP contribution in [-0.4, -0.2) is 12.1 Å². The second-order valence-electron chi connectivity index (χ2n) is 4.19. The lowest BCUT2D eigenvalue weighted by molar-refractivity contribution is 0.0953. The molecule has 0 unspecified atom stereocenters. The van der Waals surface area contributed by atoms with Gasteiger partial charge >= 0.3 is 0 Å². The summed E-state index contributed by atoms with van der Waals surface area (Å²) in [5, 5.41) is 3.74. The molecule has 2 aromatic rings. The van der Waals surface area contributed by atoms with Crippen LogP contribution in [0.25, 0.3) is 0 Å². The lowest BCUT2D eigenvalue weighted by Crippen LogP contribution is -2.17. The van der Waals surface area contributed by atoms with Crippen LogP contribution < -0.4 is 5.43 Å². The third-order valence-electron chi connectivity index (χ3n) is 2.61. The minimum atomic E-state index is -0.415. The van der Waals surface area contributed by atoms with Crippen molar-refractivity contribution in [3.8, 4) is 0 Å². The van der Waals surface area contributed by atoms with E-state index in [1.807, 2.05) is 0 Å². The van der Waals surface area contributed by atoms with Crippen LogP contribution in [0.2, 0.25) is 0 Å².